The van der Waals surface area contributed by atoms with Gasteiger partial charge in [-0.2, -0.15) is 4.98 Å². The molecule has 160 valence electrons. The van der Waals surface area contributed by atoms with Crippen molar-refractivity contribution in [3.63, 3.8) is 0 Å². The Morgan fingerprint density at radius 3 is 2.65 bits per heavy atom. The highest BCUT2D eigenvalue weighted by molar-refractivity contribution is 5.85. The maximum Gasteiger partial charge on any atom is 0.267 e. The predicted octanol–water partition coefficient (Wildman–Crippen LogP) is 4.03. The minimum atomic E-state index is -0.825. The molecule has 0 aliphatic rings. The summed E-state index contributed by atoms with van der Waals surface area (Å²) < 4.78 is 6.81. The third kappa shape index (κ3) is 3.94. The largest absolute Gasteiger partial charge is 0.383 e. The Labute approximate surface area is 179 Å². The van der Waals surface area contributed by atoms with E-state index in [-0.39, 0.29) is 23.3 Å². The smallest absolute Gasteiger partial charge is 0.267 e. The number of nitrogens with zero attached hydrogens (tertiary/aromatic N) is 4. The van der Waals surface area contributed by atoms with Crippen molar-refractivity contribution >= 4 is 22.5 Å². The summed E-state index contributed by atoms with van der Waals surface area (Å²) in [6, 6.07) is 9.48. The summed E-state index contributed by atoms with van der Waals surface area (Å²) in [4.78, 5) is 21.7. The number of nitrogens with one attached hydrogen (secondary N) is 1. The van der Waals surface area contributed by atoms with Crippen LogP contribution in [0.15, 0.2) is 45.8 Å². The maximum atomic E-state index is 13.1. The summed E-state index contributed by atoms with van der Waals surface area (Å²) >= 11 is 0. The van der Waals surface area contributed by atoms with Crippen molar-refractivity contribution in [3.05, 3.63) is 64.0 Å². The van der Waals surface area contributed by atoms with Crippen LogP contribution in [0.4, 0.5) is 11.6 Å². The number of anilines is 2. The third-order valence-corrected chi connectivity index (χ3v) is 5.35. The molecular formula is C23H25N5O3. The van der Waals surface area contributed by atoms with E-state index in [9.17, 15) is 9.90 Å². The lowest BCUT2D eigenvalue weighted by molar-refractivity contribution is 0.0896. The number of hydrogen-bond acceptors (Lipinski definition) is 7. The number of aliphatic hydroxyl groups excluding tert-OH is 1. The van der Waals surface area contributed by atoms with E-state index in [2.05, 4.69) is 20.4 Å². The van der Waals surface area contributed by atoms with Crippen molar-refractivity contribution in [3.8, 4) is 11.1 Å². The fraction of sp³-hybridized carbons (Fsp3) is 0.304. The molecule has 1 atom stereocenters. The Hall–Kier alpha value is -3.52. The second-order valence-corrected chi connectivity index (χ2v) is 8.11. The van der Waals surface area contributed by atoms with Crippen LogP contribution in [0.3, 0.4) is 0 Å². The highest BCUT2D eigenvalue weighted by Crippen LogP contribution is 2.28. The predicted molar refractivity (Wildman–Crippen MR) is 119 cm³/mol. The van der Waals surface area contributed by atoms with Gasteiger partial charge in [-0.1, -0.05) is 19.9 Å². The van der Waals surface area contributed by atoms with Gasteiger partial charge in [-0.05, 0) is 60.3 Å². The van der Waals surface area contributed by atoms with Crippen molar-refractivity contribution in [1.29, 1.82) is 0 Å². The van der Waals surface area contributed by atoms with E-state index < -0.39 is 6.10 Å². The van der Waals surface area contributed by atoms with E-state index in [0.717, 1.165) is 27.7 Å². The second kappa shape index (κ2) is 7.96. The van der Waals surface area contributed by atoms with Gasteiger partial charge in [-0.25, -0.2) is 0 Å². The van der Waals surface area contributed by atoms with Gasteiger partial charge in [0, 0.05) is 35.6 Å². The molecule has 0 saturated heterocycles. The van der Waals surface area contributed by atoms with Gasteiger partial charge in [-0.3, -0.25) is 9.78 Å². The normalized spacial score (nSPS) is 12.5. The molecule has 0 saturated carbocycles. The molecule has 0 aliphatic heterocycles. The third-order valence-electron chi connectivity index (χ3n) is 5.35. The molecule has 8 heteroatoms. The number of fused-ring (bicyclic) bond motifs is 1. The zero-order valence-corrected chi connectivity index (χ0v) is 18.2. The first kappa shape index (κ1) is 20.7. The molecule has 3 aromatic heterocycles. The highest BCUT2D eigenvalue weighted by Gasteiger charge is 2.20. The fourth-order valence-electron chi connectivity index (χ4n) is 3.47. The quantitative estimate of drug-likeness (QED) is 0.503. The standard InChI is InChI=1S/C23H25N5O3/c1-12(2)20(29)21-26-23(27-31-21)25-16-7-6-13(3)17(10-16)18-9-15-11-24-14(4)8-19(15)28(5)22(18)30/h6-12,20,29H,1-5H3,(H,25,27)/t20-/m0/s1. The molecule has 0 aliphatic carbocycles. The van der Waals surface area contributed by atoms with E-state index in [1.165, 1.54) is 0 Å². The first-order chi connectivity index (χ1) is 14.7. The summed E-state index contributed by atoms with van der Waals surface area (Å²) in [6.07, 6.45) is 0.959. The van der Waals surface area contributed by atoms with Gasteiger partial charge in [0.25, 0.3) is 17.4 Å². The van der Waals surface area contributed by atoms with Crippen LogP contribution in [-0.2, 0) is 7.05 Å². The van der Waals surface area contributed by atoms with E-state index in [4.69, 9.17) is 4.52 Å². The molecule has 3 heterocycles. The number of aliphatic hydroxyl groups is 1. The summed E-state index contributed by atoms with van der Waals surface area (Å²) in [5.41, 5.74) is 4.68. The van der Waals surface area contributed by atoms with Crippen LogP contribution in [0.5, 0.6) is 0 Å². The van der Waals surface area contributed by atoms with E-state index in [1.54, 1.807) is 17.8 Å². The number of pyridine rings is 2. The van der Waals surface area contributed by atoms with Crippen LogP contribution in [-0.4, -0.2) is 24.8 Å². The summed E-state index contributed by atoms with van der Waals surface area (Å²) in [6.45, 7) is 7.60. The Bertz CT molecular complexity index is 1320. The highest BCUT2D eigenvalue weighted by atomic mass is 16.5. The van der Waals surface area contributed by atoms with E-state index in [1.807, 2.05) is 58.0 Å². The number of hydrogen-bond donors (Lipinski definition) is 2. The number of aromatic nitrogens is 4. The lowest BCUT2D eigenvalue weighted by atomic mass is 9.99. The molecule has 0 radical (unpaired) electrons. The molecule has 0 unspecified atom stereocenters. The van der Waals surface area contributed by atoms with Gasteiger partial charge in [0.15, 0.2) is 0 Å². The molecule has 1 aromatic carbocycles. The Balaban J connectivity index is 1.73. The van der Waals surface area contributed by atoms with Gasteiger partial charge in [-0.15, -0.1) is 0 Å². The number of rotatable bonds is 5. The first-order valence-corrected chi connectivity index (χ1v) is 10.1. The van der Waals surface area contributed by atoms with Crippen molar-refractivity contribution < 1.29 is 9.63 Å². The van der Waals surface area contributed by atoms with Gasteiger partial charge >= 0.3 is 0 Å². The van der Waals surface area contributed by atoms with Gasteiger partial charge in [0.1, 0.15) is 6.10 Å². The molecular weight excluding hydrogens is 394 g/mol. The lowest BCUT2D eigenvalue weighted by Crippen LogP contribution is -2.19. The molecule has 0 amide bonds. The lowest BCUT2D eigenvalue weighted by Gasteiger charge is -2.12. The van der Waals surface area contributed by atoms with Crippen molar-refractivity contribution in [1.82, 2.24) is 19.7 Å². The van der Waals surface area contributed by atoms with Gasteiger partial charge in [0.05, 0.1) is 5.52 Å². The van der Waals surface area contributed by atoms with Crippen molar-refractivity contribution in [2.24, 2.45) is 13.0 Å². The minimum Gasteiger partial charge on any atom is -0.383 e. The topological polar surface area (TPSA) is 106 Å². The summed E-state index contributed by atoms with van der Waals surface area (Å²) in [7, 11) is 1.77. The number of aryl methyl sites for hydroxylation is 3. The van der Waals surface area contributed by atoms with Crippen molar-refractivity contribution in [2.45, 2.75) is 33.8 Å². The molecule has 0 spiro atoms. The average molecular weight is 419 g/mol. The van der Waals surface area contributed by atoms with Gasteiger partial charge < -0.3 is 19.5 Å². The number of benzene rings is 1. The fourth-order valence-corrected chi connectivity index (χ4v) is 3.47. The maximum absolute atomic E-state index is 13.1. The van der Waals surface area contributed by atoms with Crippen LogP contribution in [0.1, 0.15) is 37.1 Å². The zero-order chi connectivity index (χ0) is 22.3. The van der Waals surface area contributed by atoms with Crippen LogP contribution in [0.2, 0.25) is 0 Å². The molecule has 31 heavy (non-hydrogen) atoms. The molecule has 4 rings (SSSR count). The van der Waals surface area contributed by atoms with E-state index >= 15 is 0 Å². The zero-order valence-electron chi connectivity index (χ0n) is 18.2. The Morgan fingerprint density at radius 2 is 1.90 bits per heavy atom. The van der Waals surface area contributed by atoms with Crippen LogP contribution < -0.4 is 10.9 Å². The monoisotopic (exact) mass is 419 g/mol. The summed E-state index contributed by atoms with van der Waals surface area (Å²) in [5.74, 6) is 0.369. The molecule has 8 nitrogen and oxygen atoms in total. The van der Waals surface area contributed by atoms with E-state index in [0.29, 0.717) is 11.3 Å². The first-order valence-electron chi connectivity index (χ1n) is 10.1. The Kier molecular flexibility index (Phi) is 5.32. The molecule has 4 aromatic rings. The van der Waals surface area contributed by atoms with Crippen LogP contribution >= 0.6 is 0 Å². The van der Waals surface area contributed by atoms with Gasteiger partial charge in [0.2, 0.25) is 0 Å². The second-order valence-electron chi connectivity index (χ2n) is 8.11. The SMILES string of the molecule is Cc1cc2c(cn1)cc(-c1cc(Nc3noc([C@@H](O)C(C)C)n3)ccc1C)c(=O)n2C. The molecule has 2 N–H and O–H groups in total. The molecule has 0 bridgehead atoms. The summed E-state index contributed by atoms with van der Waals surface area (Å²) in [5, 5.41) is 18.0. The van der Waals surface area contributed by atoms with Crippen molar-refractivity contribution in [2.75, 3.05) is 5.32 Å². The minimum absolute atomic E-state index is 0.0401. The Morgan fingerprint density at radius 1 is 1.13 bits per heavy atom. The van der Waals surface area contributed by atoms with Crippen LogP contribution in [0, 0.1) is 19.8 Å². The average Bonchev–Trinajstić information content (AvgIpc) is 3.20. The molecule has 0 fully saturated rings. The van der Waals surface area contributed by atoms with Crippen LogP contribution in [0.25, 0.3) is 22.0 Å².